The lowest BCUT2D eigenvalue weighted by Crippen LogP contribution is -2.19. The molecule has 0 saturated carbocycles. The van der Waals surface area contributed by atoms with E-state index >= 15 is 0 Å². The second-order valence-corrected chi connectivity index (χ2v) is 2.99. The van der Waals surface area contributed by atoms with Crippen molar-refractivity contribution >= 4 is 23.0 Å². The minimum absolute atomic E-state index is 0.00106. The summed E-state index contributed by atoms with van der Waals surface area (Å²) < 4.78 is 32.1. The van der Waals surface area contributed by atoms with Gasteiger partial charge in [0, 0.05) is 6.42 Å². The molecule has 0 aliphatic heterocycles. The van der Waals surface area contributed by atoms with Gasteiger partial charge in [-0.2, -0.15) is 8.42 Å². The molecule has 0 aromatic carbocycles. The van der Waals surface area contributed by atoms with Crippen molar-refractivity contribution in [2.75, 3.05) is 0 Å². The van der Waals surface area contributed by atoms with Crippen LogP contribution < -0.4 is 0 Å². The van der Waals surface area contributed by atoms with Crippen LogP contribution in [0.2, 0.25) is 0 Å². The Bertz CT molecular complexity index is 243. The molecule has 6 nitrogen and oxygen atoms in total. The number of hydrogen-bond donors (Lipinski definition) is 1. The average Bonchev–Trinajstić information content (AvgIpc) is 1.95. The van der Waals surface area contributed by atoms with E-state index in [2.05, 4.69) is 4.18 Å². The van der Waals surface area contributed by atoms with Gasteiger partial charge in [0.1, 0.15) is 18.7 Å². The van der Waals surface area contributed by atoms with Crippen molar-refractivity contribution in [3.8, 4) is 0 Å². The number of carbonyl (C=O) groups excluding carboxylic acids is 2. The van der Waals surface area contributed by atoms with Crippen LogP contribution in [0.15, 0.2) is 0 Å². The quantitative estimate of drug-likeness (QED) is 0.448. The summed E-state index contributed by atoms with van der Waals surface area (Å²) in [7, 11) is -4.61. The highest BCUT2D eigenvalue weighted by atomic mass is 32.3. The summed E-state index contributed by atoms with van der Waals surface area (Å²) in [6.07, 6.45) is -0.627. The average molecular weight is 196 g/mol. The Morgan fingerprint density at radius 1 is 1.42 bits per heavy atom. The Kier molecular flexibility index (Phi) is 4.64. The Labute approximate surface area is 69.5 Å². The van der Waals surface area contributed by atoms with Gasteiger partial charge in [0.25, 0.3) is 0 Å². The molecule has 70 valence electrons. The molecule has 12 heavy (non-hydrogen) atoms. The van der Waals surface area contributed by atoms with Crippen molar-refractivity contribution in [1.82, 2.24) is 0 Å². The SMILES string of the molecule is O=CCCC(C=O)OS(=O)(=O)O. The standard InChI is InChI=1S/C5H8O6S/c6-3-1-2-5(4-7)11-12(8,9)10/h3-5H,1-2H2,(H,8,9,10). The normalized spacial score (nSPS) is 13.8. The first-order valence-corrected chi connectivity index (χ1v) is 4.40. The predicted molar refractivity (Wildman–Crippen MR) is 37.8 cm³/mol. The Morgan fingerprint density at radius 2 is 2.00 bits per heavy atom. The van der Waals surface area contributed by atoms with Crippen molar-refractivity contribution in [3.63, 3.8) is 0 Å². The van der Waals surface area contributed by atoms with Gasteiger partial charge in [-0.3, -0.25) is 4.55 Å². The van der Waals surface area contributed by atoms with Gasteiger partial charge in [0.15, 0.2) is 0 Å². The molecule has 1 N–H and O–H groups in total. The van der Waals surface area contributed by atoms with Crippen LogP contribution in [0, 0.1) is 0 Å². The van der Waals surface area contributed by atoms with Gasteiger partial charge < -0.3 is 9.59 Å². The second kappa shape index (κ2) is 4.96. The monoisotopic (exact) mass is 196 g/mol. The van der Waals surface area contributed by atoms with E-state index in [9.17, 15) is 18.0 Å². The van der Waals surface area contributed by atoms with Crippen molar-refractivity contribution in [1.29, 1.82) is 0 Å². The van der Waals surface area contributed by atoms with Gasteiger partial charge in [-0.05, 0) is 6.42 Å². The molecule has 0 spiro atoms. The Morgan fingerprint density at radius 3 is 2.33 bits per heavy atom. The third-order valence-corrected chi connectivity index (χ3v) is 1.46. The molecule has 0 aliphatic rings. The maximum absolute atomic E-state index is 10.1. The molecule has 1 unspecified atom stereocenters. The first-order chi connectivity index (χ1) is 5.49. The minimum Gasteiger partial charge on any atom is -0.303 e. The molecule has 0 rings (SSSR count). The smallest absolute Gasteiger partial charge is 0.303 e. The lowest BCUT2D eigenvalue weighted by molar-refractivity contribution is -0.114. The fraction of sp³-hybridized carbons (Fsp3) is 0.600. The zero-order chi connectivity index (χ0) is 9.61. The number of hydrogen-bond acceptors (Lipinski definition) is 5. The summed E-state index contributed by atoms with van der Waals surface area (Å²) in [4.78, 5) is 19.9. The topological polar surface area (TPSA) is 97.7 Å². The highest BCUT2D eigenvalue weighted by molar-refractivity contribution is 7.80. The summed E-state index contributed by atoms with van der Waals surface area (Å²) >= 11 is 0. The van der Waals surface area contributed by atoms with E-state index in [1.807, 2.05) is 0 Å². The summed E-state index contributed by atoms with van der Waals surface area (Å²) in [6.45, 7) is 0. The Balaban J connectivity index is 4.00. The molecule has 0 aromatic heterocycles. The Hall–Kier alpha value is -0.790. The summed E-state index contributed by atoms with van der Waals surface area (Å²) in [5.41, 5.74) is 0. The van der Waals surface area contributed by atoms with Crippen LogP contribution in [0.3, 0.4) is 0 Å². The van der Waals surface area contributed by atoms with Crippen LogP contribution in [0.1, 0.15) is 12.8 Å². The van der Waals surface area contributed by atoms with Crippen molar-refractivity contribution < 1.29 is 26.7 Å². The summed E-state index contributed by atoms with van der Waals surface area (Å²) in [5.74, 6) is 0. The maximum atomic E-state index is 10.1. The van der Waals surface area contributed by atoms with Crippen molar-refractivity contribution in [2.45, 2.75) is 18.9 Å². The van der Waals surface area contributed by atoms with Crippen LogP contribution in [-0.2, 0) is 24.2 Å². The predicted octanol–water partition coefficient (Wildman–Crippen LogP) is -0.648. The number of aldehydes is 2. The molecule has 7 heteroatoms. The first kappa shape index (κ1) is 11.2. The van der Waals surface area contributed by atoms with E-state index in [1.54, 1.807) is 0 Å². The second-order valence-electron chi connectivity index (χ2n) is 1.94. The number of carbonyl (C=O) groups is 2. The summed E-state index contributed by atoms with van der Waals surface area (Å²) in [6, 6.07) is 0. The lowest BCUT2D eigenvalue weighted by Gasteiger charge is -2.05. The van der Waals surface area contributed by atoms with Gasteiger partial charge in [0.2, 0.25) is 0 Å². The van der Waals surface area contributed by atoms with E-state index < -0.39 is 16.5 Å². The zero-order valence-electron chi connectivity index (χ0n) is 6.04. The highest BCUT2D eigenvalue weighted by Crippen LogP contribution is 2.01. The van der Waals surface area contributed by atoms with Gasteiger partial charge in [-0.15, -0.1) is 0 Å². The molecule has 1 atom stereocenters. The van der Waals surface area contributed by atoms with Gasteiger partial charge >= 0.3 is 10.4 Å². The van der Waals surface area contributed by atoms with Crippen LogP contribution in [-0.4, -0.2) is 31.6 Å². The molecule has 0 saturated heterocycles. The first-order valence-electron chi connectivity index (χ1n) is 3.04. The highest BCUT2D eigenvalue weighted by Gasteiger charge is 2.15. The van der Waals surface area contributed by atoms with E-state index in [0.29, 0.717) is 6.29 Å². The molecular formula is C5H8O6S. The van der Waals surface area contributed by atoms with E-state index in [-0.39, 0.29) is 19.1 Å². The third-order valence-electron chi connectivity index (χ3n) is 0.966. The van der Waals surface area contributed by atoms with E-state index in [4.69, 9.17) is 4.55 Å². The molecule has 0 fully saturated rings. The molecule has 0 bridgehead atoms. The fourth-order valence-electron chi connectivity index (χ4n) is 0.527. The summed E-state index contributed by atoms with van der Waals surface area (Å²) in [5, 5.41) is 0. The molecule has 0 radical (unpaired) electrons. The maximum Gasteiger partial charge on any atom is 0.398 e. The van der Waals surface area contributed by atoms with Crippen molar-refractivity contribution in [3.05, 3.63) is 0 Å². The van der Waals surface area contributed by atoms with Gasteiger partial charge in [0.05, 0.1) is 0 Å². The molecule has 0 aromatic rings. The number of rotatable bonds is 6. The van der Waals surface area contributed by atoms with Crippen LogP contribution in [0.5, 0.6) is 0 Å². The molecule has 0 heterocycles. The molecular weight excluding hydrogens is 188 g/mol. The van der Waals surface area contributed by atoms with Crippen molar-refractivity contribution in [2.24, 2.45) is 0 Å². The van der Waals surface area contributed by atoms with E-state index in [1.165, 1.54) is 0 Å². The third kappa shape index (κ3) is 5.96. The van der Waals surface area contributed by atoms with Crippen LogP contribution >= 0.6 is 0 Å². The fourth-order valence-corrected chi connectivity index (χ4v) is 0.981. The largest absolute Gasteiger partial charge is 0.398 e. The molecule has 0 aliphatic carbocycles. The van der Waals surface area contributed by atoms with Gasteiger partial charge in [-0.1, -0.05) is 0 Å². The van der Waals surface area contributed by atoms with E-state index in [0.717, 1.165) is 0 Å². The van der Waals surface area contributed by atoms with Crippen LogP contribution in [0.25, 0.3) is 0 Å². The molecule has 0 amide bonds. The van der Waals surface area contributed by atoms with Crippen LogP contribution in [0.4, 0.5) is 0 Å². The lowest BCUT2D eigenvalue weighted by atomic mass is 10.2. The minimum atomic E-state index is -4.61. The van der Waals surface area contributed by atoms with Gasteiger partial charge in [-0.25, -0.2) is 4.18 Å². The zero-order valence-corrected chi connectivity index (χ0v) is 6.86.